The molecule has 0 amide bonds. The lowest BCUT2D eigenvalue weighted by atomic mass is 10.3. The molecule has 5 nitrogen and oxygen atoms in total. The first-order valence-electron chi connectivity index (χ1n) is 3.09. The molecule has 0 aromatic carbocycles. The highest BCUT2D eigenvalue weighted by Crippen LogP contribution is 2.11. The minimum absolute atomic E-state index is 0.544. The van der Waals surface area contributed by atoms with E-state index in [-0.39, 0.29) is 0 Å². The van der Waals surface area contributed by atoms with E-state index in [0.717, 1.165) is 10.2 Å². The third kappa shape index (κ3) is 0.813. The van der Waals surface area contributed by atoms with Gasteiger partial charge in [-0.1, -0.05) is 0 Å². The lowest BCUT2D eigenvalue weighted by molar-refractivity contribution is 0.192. The summed E-state index contributed by atoms with van der Waals surface area (Å²) in [6, 6.07) is 0. The summed E-state index contributed by atoms with van der Waals surface area (Å²) in [5, 5.41) is 12.3. The molecule has 0 aliphatic carbocycles. The highest BCUT2D eigenvalue weighted by Gasteiger charge is 2.13. The number of hydrogen-bond donors (Lipinski definition) is 1. The molecule has 0 saturated heterocycles. The molecule has 0 saturated carbocycles. The van der Waals surface area contributed by atoms with Crippen LogP contribution in [0.25, 0.3) is 0 Å². The van der Waals surface area contributed by atoms with Gasteiger partial charge in [0.1, 0.15) is 5.69 Å². The fourth-order valence-electron chi connectivity index (χ4n) is 0.982. The van der Waals surface area contributed by atoms with E-state index in [1.807, 2.05) is 0 Å². The summed E-state index contributed by atoms with van der Waals surface area (Å²) in [7, 11) is 0. The van der Waals surface area contributed by atoms with Crippen molar-refractivity contribution < 1.29 is 9.90 Å². The fraction of sp³-hybridized carbons (Fsp3) is 0.167. The molecule has 5 heteroatoms. The van der Waals surface area contributed by atoms with Crippen LogP contribution in [0.2, 0.25) is 0 Å². The third-order valence-electron chi connectivity index (χ3n) is 1.49. The predicted molar refractivity (Wildman–Crippen MR) is 36.9 cm³/mol. The molecule has 1 aliphatic rings. The first kappa shape index (κ1) is 6.09. The zero-order valence-electron chi connectivity index (χ0n) is 5.56. The van der Waals surface area contributed by atoms with Crippen molar-refractivity contribution in [3.05, 3.63) is 17.5 Å². The standard InChI is InChI=1S/C6H5N3O2/c10-6(11)9-3-4-1-7-2-5(4)8-9/h2-3H,1H2,(H,10,11). The number of fused-ring (bicyclic) bond motifs is 1. The Bertz CT molecular complexity index is 340. The van der Waals surface area contributed by atoms with Crippen molar-refractivity contribution in [3.63, 3.8) is 0 Å². The van der Waals surface area contributed by atoms with Gasteiger partial charge < -0.3 is 5.11 Å². The van der Waals surface area contributed by atoms with Gasteiger partial charge in [0.2, 0.25) is 0 Å². The Hall–Kier alpha value is -1.65. The Morgan fingerprint density at radius 1 is 1.73 bits per heavy atom. The quantitative estimate of drug-likeness (QED) is 0.581. The summed E-state index contributed by atoms with van der Waals surface area (Å²) in [4.78, 5) is 14.3. The van der Waals surface area contributed by atoms with E-state index in [2.05, 4.69) is 10.1 Å². The molecule has 2 heterocycles. The first-order valence-corrected chi connectivity index (χ1v) is 3.09. The number of carboxylic acid groups (broad SMARTS) is 1. The van der Waals surface area contributed by atoms with Crippen molar-refractivity contribution in [1.29, 1.82) is 0 Å². The van der Waals surface area contributed by atoms with E-state index >= 15 is 0 Å². The minimum Gasteiger partial charge on any atom is -0.463 e. The summed E-state index contributed by atoms with van der Waals surface area (Å²) < 4.78 is 0.899. The fourth-order valence-corrected chi connectivity index (χ4v) is 0.982. The van der Waals surface area contributed by atoms with Gasteiger partial charge in [-0.05, 0) is 0 Å². The van der Waals surface area contributed by atoms with Crippen LogP contribution in [0.4, 0.5) is 4.79 Å². The second-order valence-electron chi connectivity index (χ2n) is 2.24. The molecule has 0 bridgehead atoms. The largest absolute Gasteiger partial charge is 0.463 e. The molecule has 0 radical (unpaired) electrons. The Kier molecular flexibility index (Phi) is 1.06. The van der Waals surface area contributed by atoms with Crippen LogP contribution in [0.3, 0.4) is 0 Å². The molecule has 0 fully saturated rings. The monoisotopic (exact) mass is 151 g/mol. The third-order valence-corrected chi connectivity index (χ3v) is 1.49. The molecular weight excluding hydrogens is 146 g/mol. The van der Waals surface area contributed by atoms with Crippen LogP contribution in [0.1, 0.15) is 11.3 Å². The average Bonchev–Trinajstić information content (AvgIpc) is 2.40. The van der Waals surface area contributed by atoms with Crippen LogP contribution in [0.5, 0.6) is 0 Å². The highest BCUT2D eigenvalue weighted by molar-refractivity contribution is 5.82. The Balaban J connectivity index is 2.49. The van der Waals surface area contributed by atoms with Gasteiger partial charge in [-0.25, -0.2) is 4.79 Å². The summed E-state index contributed by atoms with van der Waals surface area (Å²) in [5.74, 6) is 0. The van der Waals surface area contributed by atoms with E-state index in [1.165, 1.54) is 6.20 Å². The number of aromatic nitrogens is 2. The minimum atomic E-state index is -1.06. The number of hydrogen-bond acceptors (Lipinski definition) is 3. The molecule has 56 valence electrons. The van der Waals surface area contributed by atoms with E-state index < -0.39 is 6.09 Å². The molecular formula is C6H5N3O2. The maximum absolute atomic E-state index is 10.4. The number of aliphatic imine (C=N–C) groups is 1. The van der Waals surface area contributed by atoms with Crippen molar-refractivity contribution >= 4 is 12.3 Å². The molecule has 1 aliphatic heterocycles. The topological polar surface area (TPSA) is 67.5 Å². The van der Waals surface area contributed by atoms with Crippen molar-refractivity contribution in [2.45, 2.75) is 6.54 Å². The van der Waals surface area contributed by atoms with Gasteiger partial charge in [-0.15, -0.1) is 0 Å². The van der Waals surface area contributed by atoms with Crippen LogP contribution in [0.15, 0.2) is 11.2 Å². The molecule has 1 aromatic heterocycles. The van der Waals surface area contributed by atoms with Crippen LogP contribution in [0, 0.1) is 0 Å². The molecule has 1 aromatic rings. The van der Waals surface area contributed by atoms with E-state index in [9.17, 15) is 4.79 Å². The summed E-state index contributed by atoms with van der Waals surface area (Å²) >= 11 is 0. The van der Waals surface area contributed by atoms with Crippen molar-refractivity contribution in [1.82, 2.24) is 9.78 Å². The molecule has 0 spiro atoms. The Morgan fingerprint density at radius 2 is 2.55 bits per heavy atom. The van der Waals surface area contributed by atoms with Gasteiger partial charge in [0.25, 0.3) is 0 Å². The SMILES string of the molecule is O=C(O)n1cc2c(n1)C=NC2. The van der Waals surface area contributed by atoms with Gasteiger partial charge in [0, 0.05) is 18.0 Å². The van der Waals surface area contributed by atoms with E-state index in [0.29, 0.717) is 12.2 Å². The van der Waals surface area contributed by atoms with Gasteiger partial charge in [0.05, 0.1) is 6.54 Å². The maximum Gasteiger partial charge on any atom is 0.432 e. The van der Waals surface area contributed by atoms with E-state index in [4.69, 9.17) is 5.11 Å². The molecule has 0 unspecified atom stereocenters. The normalized spacial score (nSPS) is 13.5. The molecule has 0 atom stereocenters. The number of rotatable bonds is 0. The second kappa shape index (κ2) is 1.91. The van der Waals surface area contributed by atoms with Crippen molar-refractivity contribution in [3.8, 4) is 0 Å². The molecule has 1 N–H and O–H groups in total. The smallest absolute Gasteiger partial charge is 0.432 e. The number of nitrogens with zero attached hydrogens (tertiary/aromatic N) is 3. The van der Waals surface area contributed by atoms with Crippen LogP contribution >= 0.6 is 0 Å². The lowest BCUT2D eigenvalue weighted by Crippen LogP contribution is -2.08. The Morgan fingerprint density at radius 3 is 3.18 bits per heavy atom. The van der Waals surface area contributed by atoms with Crippen LogP contribution in [-0.2, 0) is 6.54 Å². The van der Waals surface area contributed by atoms with Crippen molar-refractivity contribution in [2.24, 2.45) is 4.99 Å². The maximum atomic E-state index is 10.4. The van der Waals surface area contributed by atoms with Gasteiger partial charge in [0.15, 0.2) is 0 Å². The van der Waals surface area contributed by atoms with Crippen LogP contribution < -0.4 is 0 Å². The molecule has 11 heavy (non-hydrogen) atoms. The zero-order valence-corrected chi connectivity index (χ0v) is 5.56. The highest BCUT2D eigenvalue weighted by atomic mass is 16.4. The van der Waals surface area contributed by atoms with Crippen molar-refractivity contribution in [2.75, 3.05) is 0 Å². The predicted octanol–water partition coefficient (Wildman–Crippen LogP) is 0.342. The summed E-state index contributed by atoms with van der Waals surface area (Å²) in [6.45, 7) is 0.544. The number of carbonyl (C=O) groups is 1. The Labute approximate surface area is 62.0 Å². The zero-order chi connectivity index (χ0) is 7.84. The van der Waals surface area contributed by atoms with Gasteiger partial charge >= 0.3 is 6.09 Å². The first-order chi connectivity index (χ1) is 5.27. The lowest BCUT2D eigenvalue weighted by Gasteiger charge is -1.87. The summed E-state index contributed by atoms with van der Waals surface area (Å²) in [6.07, 6.45) is 1.99. The second-order valence-corrected chi connectivity index (χ2v) is 2.24. The van der Waals surface area contributed by atoms with Gasteiger partial charge in [-0.2, -0.15) is 9.78 Å². The summed E-state index contributed by atoms with van der Waals surface area (Å²) in [5.41, 5.74) is 1.53. The van der Waals surface area contributed by atoms with E-state index in [1.54, 1.807) is 6.21 Å². The molecule has 2 rings (SSSR count). The van der Waals surface area contributed by atoms with Gasteiger partial charge in [-0.3, -0.25) is 4.99 Å². The van der Waals surface area contributed by atoms with Crippen LogP contribution in [-0.4, -0.2) is 27.2 Å². The average molecular weight is 151 g/mol.